The molecule has 226 valence electrons. The summed E-state index contributed by atoms with van der Waals surface area (Å²) in [6.07, 6.45) is 4.39. The van der Waals surface area contributed by atoms with Crippen molar-refractivity contribution in [2.75, 3.05) is 62.1 Å². The predicted molar refractivity (Wildman–Crippen MR) is 162 cm³/mol. The summed E-state index contributed by atoms with van der Waals surface area (Å²) in [5.41, 5.74) is 3.24. The summed E-state index contributed by atoms with van der Waals surface area (Å²) in [5, 5.41) is 3.06. The van der Waals surface area contributed by atoms with Gasteiger partial charge in [0.05, 0.1) is 7.11 Å². The topological polar surface area (TPSA) is 100 Å². The van der Waals surface area contributed by atoms with Crippen LogP contribution in [0.1, 0.15) is 47.8 Å². The number of nitrogens with one attached hydrogen (secondary N) is 1. The third kappa shape index (κ3) is 5.61. The SMILES string of the molecule is COCCC1(C)CN(C(=O)c2cc(N3CCC(N4CCc5cc(OC)ccc5NC4=O)CC3)ncn2)c2ccc(F)cc21. The van der Waals surface area contributed by atoms with Crippen molar-refractivity contribution in [3.63, 3.8) is 0 Å². The number of methoxy groups -OCH3 is 2. The molecule has 3 aliphatic rings. The molecule has 1 saturated heterocycles. The van der Waals surface area contributed by atoms with Crippen LogP contribution in [0, 0.1) is 5.82 Å². The maximum Gasteiger partial charge on any atom is 0.322 e. The Morgan fingerprint density at radius 3 is 2.67 bits per heavy atom. The summed E-state index contributed by atoms with van der Waals surface area (Å²) in [7, 11) is 3.28. The molecule has 4 heterocycles. The second-order valence-corrected chi connectivity index (χ2v) is 11.7. The lowest BCUT2D eigenvalue weighted by molar-refractivity contribution is 0.0977. The molecular formula is C32H37FN6O4. The fourth-order valence-corrected chi connectivity index (χ4v) is 6.55. The first-order chi connectivity index (χ1) is 20.8. The predicted octanol–water partition coefficient (Wildman–Crippen LogP) is 4.64. The number of halogens is 1. The van der Waals surface area contributed by atoms with Crippen LogP contribution in [0.5, 0.6) is 5.75 Å². The molecule has 0 saturated carbocycles. The first kappa shape index (κ1) is 28.9. The maximum absolute atomic E-state index is 14.2. The average Bonchev–Trinajstić information content (AvgIpc) is 3.20. The van der Waals surface area contributed by atoms with E-state index in [-0.39, 0.29) is 23.8 Å². The van der Waals surface area contributed by atoms with Crippen LogP contribution in [0.25, 0.3) is 0 Å². The lowest BCUT2D eigenvalue weighted by Gasteiger charge is -2.38. The van der Waals surface area contributed by atoms with E-state index in [2.05, 4.69) is 20.2 Å². The highest BCUT2D eigenvalue weighted by Gasteiger charge is 2.42. The van der Waals surface area contributed by atoms with Gasteiger partial charge in [-0.25, -0.2) is 19.2 Å². The molecule has 0 spiro atoms. The molecule has 1 fully saturated rings. The first-order valence-electron chi connectivity index (χ1n) is 14.7. The molecule has 3 amide bonds. The molecule has 1 unspecified atom stereocenters. The number of carbonyl (C=O) groups is 2. The maximum atomic E-state index is 14.2. The van der Waals surface area contributed by atoms with Crippen LogP contribution < -0.4 is 19.9 Å². The van der Waals surface area contributed by atoms with Crippen LogP contribution in [0.2, 0.25) is 0 Å². The van der Waals surface area contributed by atoms with Crippen molar-refractivity contribution in [2.45, 2.75) is 44.1 Å². The zero-order chi connectivity index (χ0) is 30.1. The van der Waals surface area contributed by atoms with Gasteiger partial charge in [0, 0.05) is 68.8 Å². The van der Waals surface area contributed by atoms with Gasteiger partial charge < -0.3 is 29.5 Å². The van der Waals surface area contributed by atoms with E-state index in [1.54, 1.807) is 31.3 Å². The van der Waals surface area contributed by atoms with Crippen LogP contribution in [-0.2, 0) is 16.6 Å². The molecule has 2 aromatic carbocycles. The second-order valence-electron chi connectivity index (χ2n) is 11.7. The zero-order valence-electron chi connectivity index (χ0n) is 24.8. The molecule has 1 atom stereocenters. The average molecular weight is 589 g/mol. The monoisotopic (exact) mass is 588 g/mol. The normalized spacial score (nSPS) is 20.4. The molecular weight excluding hydrogens is 551 g/mol. The highest BCUT2D eigenvalue weighted by molar-refractivity contribution is 6.06. The lowest BCUT2D eigenvalue weighted by Crippen LogP contribution is -2.49. The Morgan fingerprint density at radius 2 is 1.91 bits per heavy atom. The molecule has 1 aromatic heterocycles. The van der Waals surface area contributed by atoms with Gasteiger partial charge in [-0.2, -0.15) is 0 Å². The van der Waals surface area contributed by atoms with Crippen molar-refractivity contribution in [3.05, 3.63) is 71.4 Å². The van der Waals surface area contributed by atoms with Crippen molar-refractivity contribution in [2.24, 2.45) is 0 Å². The molecule has 10 nitrogen and oxygen atoms in total. The number of fused-ring (bicyclic) bond motifs is 2. The summed E-state index contributed by atoms with van der Waals surface area (Å²) in [5.74, 6) is 0.884. The third-order valence-electron chi connectivity index (χ3n) is 9.05. The largest absolute Gasteiger partial charge is 0.497 e. The van der Waals surface area contributed by atoms with Crippen LogP contribution in [0.4, 0.5) is 26.4 Å². The van der Waals surface area contributed by atoms with E-state index in [0.717, 1.165) is 41.8 Å². The van der Waals surface area contributed by atoms with E-state index < -0.39 is 5.41 Å². The highest BCUT2D eigenvalue weighted by Crippen LogP contribution is 2.44. The summed E-state index contributed by atoms with van der Waals surface area (Å²) in [4.78, 5) is 41.5. The highest BCUT2D eigenvalue weighted by atomic mass is 19.1. The van der Waals surface area contributed by atoms with Gasteiger partial charge in [0.25, 0.3) is 5.91 Å². The Morgan fingerprint density at radius 1 is 1.09 bits per heavy atom. The van der Waals surface area contributed by atoms with Crippen LogP contribution in [0.3, 0.4) is 0 Å². The number of rotatable bonds is 7. The fraction of sp³-hybridized carbons (Fsp3) is 0.438. The van der Waals surface area contributed by atoms with Crippen molar-refractivity contribution in [3.8, 4) is 5.75 Å². The number of anilines is 3. The number of nitrogens with zero attached hydrogens (tertiary/aromatic N) is 5. The number of hydrogen-bond donors (Lipinski definition) is 1. The standard InChI is InChI=1S/C32H37FN6O4/c1-32(11-15-42-2)19-39(28-7-4-22(33)17-25(28)32)30(40)27-18-29(35-20-34-27)37-12-9-23(10-13-37)38-14-8-21-16-24(43-3)5-6-26(21)36-31(38)41/h4-7,16-18,20,23H,8-15,19H2,1-3H3,(H,36,41). The molecule has 11 heteroatoms. The van der Waals surface area contributed by atoms with Crippen LogP contribution in [-0.4, -0.2) is 79.9 Å². The van der Waals surface area contributed by atoms with Gasteiger partial charge in [0.15, 0.2) is 0 Å². The minimum Gasteiger partial charge on any atom is -0.497 e. The van der Waals surface area contributed by atoms with Crippen molar-refractivity contribution in [1.82, 2.24) is 14.9 Å². The minimum absolute atomic E-state index is 0.0828. The number of amides is 3. The van der Waals surface area contributed by atoms with E-state index in [1.165, 1.54) is 18.5 Å². The number of urea groups is 1. The van der Waals surface area contributed by atoms with Crippen LogP contribution >= 0.6 is 0 Å². The second kappa shape index (κ2) is 11.8. The van der Waals surface area contributed by atoms with Gasteiger partial charge in [0.2, 0.25) is 0 Å². The van der Waals surface area contributed by atoms with Gasteiger partial charge in [-0.05, 0) is 73.2 Å². The number of carbonyl (C=O) groups excluding carboxylic acids is 2. The lowest BCUT2D eigenvalue weighted by atomic mass is 9.81. The number of hydrogen-bond acceptors (Lipinski definition) is 7. The Bertz CT molecular complexity index is 1530. The smallest absolute Gasteiger partial charge is 0.322 e. The van der Waals surface area contributed by atoms with Gasteiger partial charge in [0.1, 0.15) is 29.4 Å². The summed E-state index contributed by atoms with van der Waals surface area (Å²) in [6.45, 7) is 4.97. The van der Waals surface area contributed by atoms with Crippen LogP contribution in [0.15, 0.2) is 48.8 Å². The first-order valence-corrected chi connectivity index (χ1v) is 14.7. The van der Waals surface area contributed by atoms with Crippen molar-refractivity contribution in [1.29, 1.82) is 0 Å². The van der Waals surface area contributed by atoms with E-state index in [0.29, 0.717) is 56.4 Å². The summed E-state index contributed by atoms with van der Waals surface area (Å²) < 4.78 is 24.9. The van der Waals surface area contributed by atoms with E-state index in [1.807, 2.05) is 30.0 Å². The molecule has 43 heavy (non-hydrogen) atoms. The Kier molecular flexibility index (Phi) is 7.91. The molecule has 0 radical (unpaired) electrons. The third-order valence-corrected chi connectivity index (χ3v) is 9.05. The summed E-state index contributed by atoms with van der Waals surface area (Å²) in [6, 6.07) is 12.1. The van der Waals surface area contributed by atoms with Gasteiger partial charge in [-0.15, -0.1) is 0 Å². The minimum atomic E-state index is -0.437. The number of ether oxygens (including phenoxy) is 2. The van der Waals surface area contributed by atoms with Crippen molar-refractivity contribution >= 4 is 29.1 Å². The van der Waals surface area contributed by atoms with Gasteiger partial charge >= 0.3 is 6.03 Å². The quantitative estimate of drug-likeness (QED) is 0.429. The van der Waals surface area contributed by atoms with E-state index in [9.17, 15) is 14.0 Å². The molecule has 0 aliphatic carbocycles. The van der Waals surface area contributed by atoms with Gasteiger partial charge in [-0.3, -0.25) is 4.79 Å². The molecule has 6 rings (SSSR count). The van der Waals surface area contributed by atoms with E-state index >= 15 is 0 Å². The van der Waals surface area contributed by atoms with Crippen molar-refractivity contribution < 1.29 is 23.5 Å². The summed E-state index contributed by atoms with van der Waals surface area (Å²) >= 11 is 0. The zero-order valence-corrected chi connectivity index (χ0v) is 24.8. The molecule has 0 bridgehead atoms. The number of benzene rings is 2. The molecule has 3 aliphatic heterocycles. The molecule has 1 N–H and O–H groups in total. The van der Waals surface area contributed by atoms with Gasteiger partial charge in [-0.1, -0.05) is 6.92 Å². The Hall–Kier alpha value is -4.25. The van der Waals surface area contributed by atoms with E-state index in [4.69, 9.17) is 9.47 Å². The number of aromatic nitrogens is 2. The Balaban J connectivity index is 1.13. The fourth-order valence-electron chi connectivity index (χ4n) is 6.55. The number of piperidine rings is 1. The Labute approximate surface area is 250 Å². The molecule has 3 aromatic rings.